The van der Waals surface area contributed by atoms with E-state index < -0.39 is 6.04 Å². The van der Waals surface area contributed by atoms with Crippen LogP contribution in [-0.4, -0.2) is 47.4 Å². The smallest absolute Gasteiger partial charge is 0.243 e. The summed E-state index contributed by atoms with van der Waals surface area (Å²) >= 11 is 1.63. The van der Waals surface area contributed by atoms with Crippen LogP contribution in [0.15, 0.2) is 29.8 Å². The molecule has 1 saturated heterocycles. The molecule has 2 aromatic rings. The maximum absolute atomic E-state index is 13.1. The average Bonchev–Trinajstić information content (AvgIpc) is 3.35. The highest BCUT2D eigenvalue weighted by Crippen LogP contribution is 2.28. The number of likely N-dealkylation sites (N-methyl/N-ethyl adjacent to an activating group) is 1. The van der Waals surface area contributed by atoms with E-state index in [-0.39, 0.29) is 23.3 Å². The van der Waals surface area contributed by atoms with E-state index in [2.05, 4.69) is 27.8 Å². The summed E-state index contributed by atoms with van der Waals surface area (Å²) in [5.74, 6) is -0.0704. The van der Waals surface area contributed by atoms with Gasteiger partial charge in [0.2, 0.25) is 11.8 Å². The zero-order valence-electron chi connectivity index (χ0n) is 18.5. The van der Waals surface area contributed by atoms with Gasteiger partial charge in [0.15, 0.2) is 0 Å². The number of aryl methyl sites for hydroxylation is 1. The van der Waals surface area contributed by atoms with Gasteiger partial charge >= 0.3 is 0 Å². The summed E-state index contributed by atoms with van der Waals surface area (Å²) in [5, 5.41) is 6.15. The number of hydrogen-bond acceptors (Lipinski definition) is 5. The Labute approximate surface area is 183 Å². The molecule has 0 radical (unpaired) electrons. The van der Waals surface area contributed by atoms with Gasteiger partial charge in [-0.25, -0.2) is 4.98 Å². The molecule has 1 aliphatic rings. The lowest BCUT2D eigenvalue weighted by molar-refractivity contribution is -0.142. The Morgan fingerprint density at radius 2 is 1.97 bits per heavy atom. The standard InChI is InChI=1S/C23H32N4O2S/c1-15-19(30-14-26-15)17-10-8-16(9-11-17)13-25-21(28)18-7-6-12-27(18)22(29)20(24-5)23(2,3)4/h8-11,14,18,20,24H,6-7,12-13H2,1-5H3,(H,25,28)/t18-,20?/m0/s1. The first-order valence-electron chi connectivity index (χ1n) is 10.5. The highest BCUT2D eigenvalue weighted by molar-refractivity contribution is 7.13. The number of aromatic nitrogens is 1. The lowest BCUT2D eigenvalue weighted by Gasteiger charge is -2.34. The van der Waals surface area contributed by atoms with Gasteiger partial charge in [-0.05, 0) is 43.4 Å². The number of hydrogen-bond donors (Lipinski definition) is 2. The predicted octanol–water partition coefficient (Wildman–Crippen LogP) is 3.36. The number of rotatable bonds is 6. The summed E-state index contributed by atoms with van der Waals surface area (Å²) in [5.41, 5.74) is 4.84. The second-order valence-electron chi connectivity index (χ2n) is 8.96. The molecule has 7 heteroatoms. The second kappa shape index (κ2) is 9.27. The number of nitrogens with one attached hydrogen (secondary N) is 2. The van der Waals surface area contributed by atoms with Gasteiger partial charge in [-0.1, -0.05) is 45.0 Å². The molecule has 1 fully saturated rings. The Balaban J connectivity index is 1.61. The SMILES string of the molecule is CNC(C(=O)N1CCC[C@H]1C(=O)NCc1ccc(-c2scnc2C)cc1)C(C)(C)C. The van der Waals surface area contributed by atoms with Crippen LogP contribution >= 0.6 is 11.3 Å². The Bertz CT molecular complexity index is 885. The number of benzene rings is 1. The monoisotopic (exact) mass is 428 g/mol. The number of carbonyl (C=O) groups excluding carboxylic acids is 2. The topological polar surface area (TPSA) is 74.3 Å². The molecule has 2 N–H and O–H groups in total. The third kappa shape index (κ3) is 4.90. The molecule has 1 aromatic carbocycles. The Morgan fingerprint density at radius 1 is 1.27 bits per heavy atom. The zero-order chi connectivity index (χ0) is 21.9. The number of nitrogens with zero attached hydrogens (tertiary/aromatic N) is 2. The first-order chi connectivity index (χ1) is 14.2. The number of amides is 2. The van der Waals surface area contributed by atoms with Gasteiger partial charge in [0.25, 0.3) is 0 Å². The van der Waals surface area contributed by atoms with Crippen molar-refractivity contribution in [2.75, 3.05) is 13.6 Å². The van der Waals surface area contributed by atoms with Crippen LogP contribution in [0.25, 0.3) is 10.4 Å². The zero-order valence-corrected chi connectivity index (χ0v) is 19.3. The molecule has 1 unspecified atom stereocenters. The van der Waals surface area contributed by atoms with E-state index in [9.17, 15) is 9.59 Å². The minimum absolute atomic E-state index is 0.00642. The molecule has 0 aliphatic carbocycles. The third-order valence-corrected chi connectivity index (χ3v) is 6.65. The molecule has 0 saturated carbocycles. The van der Waals surface area contributed by atoms with E-state index in [4.69, 9.17) is 0 Å². The van der Waals surface area contributed by atoms with Crippen molar-refractivity contribution in [2.24, 2.45) is 5.41 Å². The van der Waals surface area contributed by atoms with Crippen LogP contribution < -0.4 is 10.6 Å². The summed E-state index contributed by atoms with van der Waals surface area (Å²) in [6.45, 7) is 9.20. The summed E-state index contributed by atoms with van der Waals surface area (Å²) in [6, 6.07) is 7.48. The lowest BCUT2D eigenvalue weighted by atomic mass is 9.86. The molecule has 162 valence electrons. The van der Waals surface area contributed by atoms with Crippen molar-refractivity contribution >= 4 is 23.2 Å². The van der Waals surface area contributed by atoms with Crippen LogP contribution in [0.2, 0.25) is 0 Å². The molecule has 0 spiro atoms. The van der Waals surface area contributed by atoms with Crippen LogP contribution in [0.5, 0.6) is 0 Å². The van der Waals surface area contributed by atoms with Crippen LogP contribution in [0, 0.1) is 12.3 Å². The minimum atomic E-state index is -0.394. The lowest BCUT2D eigenvalue weighted by Crippen LogP contribution is -2.55. The summed E-state index contributed by atoms with van der Waals surface area (Å²) < 4.78 is 0. The highest BCUT2D eigenvalue weighted by Gasteiger charge is 2.40. The fourth-order valence-corrected chi connectivity index (χ4v) is 4.87. The van der Waals surface area contributed by atoms with Crippen molar-refractivity contribution in [1.29, 1.82) is 0 Å². The second-order valence-corrected chi connectivity index (χ2v) is 9.81. The van der Waals surface area contributed by atoms with Gasteiger partial charge in [0, 0.05) is 13.1 Å². The van der Waals surface area contributed by atoms with Crippen LogP contribution in [0.3, 0.4) is 0 Å². The van der Waals surface area contributed by atoms with Crippen molar-refractivity contribution in [3.8, 4) is 10.4 Å². The molecule has 3 rings (SSSR count). The molecule has 2 heterocycles. The molecular weight excluding hydrogens is 396 g/mol. The van der Waals surface area contributed by atoms with Gasteiger partial charge < -0.3 is 15.5 Å². The average molecular weight is 429 g/mol. The fourth-order valence-electron chi connectivity index (χ4n) is 4.06. The molecule has 1 aliphatic heterocycles. The minimum Gasteiger partial charge on any atom is -0.350 e. The van der Waals surface area contributed by atoms with Gasteiger partial charge in [0.05, 0.1) is 22.1 Å². The van der Waals surface area contributed by atoms with E-state index in [1.807, 2.05) is 45.3 Å². The first kappa shape index (κ1) is 22.4. The molecule has 2 amide bonds. The maximum atomic E-state index is 13.1. The van der Waals surface area contributed by atoms with Gasteiger partial charge in [-0.15, -0.1) is 11.3 Å². The Kier molecular flexibility index (Phi) is 6.93. The van der Waals surface area contributed by atoms with Crippen molar-refractivity contribution in [1.82, 2.24) is 20.5 Å². The number of thiazole rings is 1. The van der Waals surface area contributed by atoms with Gasteiger partial charge in [-0.3, -0.25) is 9.59 Å². The van der Waals surface area contributed by atoms with Crippen LogP contribution in [0.1, 0.15) is 44.9 Å². The largest absolute Gasteiger partial charge is 0.350 e. The first-order valence-corrected chi connectivity index (χ1v) is 11.3. The summed E-state index contributed by atoms with van der Waals surface area (Å²) in [7, 11) is 1.80. The number of likely N-dealkylation sites (tertiary alicyclic amines) is 1. The van der Waals surface area contributed by atoms with Crippen molar-refractivity contribution in [3.63, 3.8) is 0 Å². The predicted molar refractivity (Wildman–Crippen MR) is 121 cm³/mol. The molecular formula is C23H32N4O2S. The summed E-state index contributed by atoms with van der Waals surface area (Å²) in [6.07, 6.45) is 1.56. The van der Waals surface area contributed by atoms with E-state index in [0.29, 0.717) is 19.5 Å². The van der Waals surface area contributed by atoms with E-state index in [1.165, 1.54) is 4.88 Å². The Morgan fingerprint density at radius 3 is 2.53 bits per heavy atom. The van der Waals surface area contributed by atoms with Crippen molar-refractivity contribution in [2.45, 2.75) is 59.2 Å². The molecule has 30 heavy (non-hydrogen) atoms. The van der Waals surface area contributed by atoms with E-state index >= 15 is 0 Å². The van der Waals surface area contributed by atoms with Crippen molar-refractivity contribution < 1.29 is 9.59 Å². The molecule has 6 nitrogen and oxygen atoms in total. The number of carbonyl (C=O) groups is 2. The van der Waals surface area contributed by atoms with E-state index in [0.717, 1.165) is 23.2 Å². The normalized spacial score (nSPS) is 17.8. The quantitative estimate of drug-likeness (QED) is 0.740. The van der Waals surface area contributed by atoms with Crippen molar-refractivity contribution in [3.05, 3.63) is 41.0 Å². The molecule has 0 bridgehead atoms. The maximum Gasteiger partial charge on any atom is 0.243 e. The fraction of sp³-hybridized carbons (Fsp3) is 0.522. The summed E-state index contributed by atoms with van der Waals surface area (Å²) in [4.78, 5) is 33.1. The van der Waals surface area contributed by atoms with Gasteiger partial charge in [0.1, 0.15) is 6.04 Å². The van der Waals surface area contributed by atoms with E-state index in [1.54, 1.807) is 23.3 Å². The highest BCUT2D eigenvalue weighted by atomic mass is 32.1. The molecule has 1 aromatic heterocycles. The third-order valence-electron chi connectivity index (χ3n) is 5.67. The Hall–Kier alpha value is -2.25. The van der Waals surface area contributed by atoms with Gasteiger partial charge in [-0.2, -0.15) is 0 Å². The molecule has 2 atom stereocenters. The van der Waals surface area contributed by atoms with Crippen LogP contribution in [0.4, 0.5) is 0 Å². The van der Waals surface area contributed by atoms with Crippen LogP contribution in [-0.2, 0) is 16.1 Å².